The maximum atomic E-state index is 13.0. The molecular weight excluding hydrogens is 239 g/mol. The molecule has 0 unspecified atom stereocenters. The fourth-order valence-corrected chi connectivity index (χ4v) is 1.23. The van der Waals surface area contributed by atoms with E-state index in [0.29, 0.717) is 0 Å². The highest BCUT2D eigenvalue weighted by Crippen LogP contribution is 2.26. The smallest absolute Gasteiger partial charge is 0.309 e. The van der Waals surface area contributed by atoms with Gasteiger partial charge in [-0.3, -0.25) is 4.79 Å². The predicted molar refractivity (Wildman–Crippen MR) is 59.8 cm³/mol. The summed E-state index contributed by atoms with van der Waals surface area (Å²) in [5.74, 6) is -0.804. The van der Waals surface area contributed by atoms with E-state index < -0.39 is 11.8 Å². The average Bonchev–Trinajstić information content (AvgIpc) is 2.31. The zero-order valence-electron chi connectivity index (χ0n) is 9.46. The summed E-state index contributed by atoms with van der Waals surface area (Å²) >= 11 is 0. The highest BCUT2D eigenvalue weighted by molar-refractivity contribution is 5.69. The molecule has 0 N–H and O–H groups in total. The van der Waals surface area contributed by atoms with E-state index in [9.17, 15) is 9.18 Å². The average molecular weight is 248 g/mol. The molecule has 2 rings (SSSR count). The van der Waals surface area contributed by atoms with Gasteiger partial charge < -0.3 is 9.47 Å². The molecular formula is C12H9FN2O3. The molecule has 5 nitrogen and oxygen atoms in total. The van der Waals surface area contributed by atoms with Crippen LogP contribution in [0.1, 0.15) is 6.92 Å². The number of aromatic nitrogens is 2. The van der Waals surface area contributed by atoms with E-state index in [1.807, 2.05) is 0 Å². The van der Waals surface area contributed by atoms with E-state index in [1.165, 1.54) is 37.5 Å². The number of halogens is 1. The minimum absolute atomic E-state index is 0.00157. The Labute approximate surface area is 102 Å². The molecule has 2 aromatic rings. The largest absolute Gasteiger partial charge is 0.435 e. The summed E-state index contributed by atoms with van der Waals surface area (Å²) in [6.07, 6.45) is 2.73. The summed E-state index contributed by atoms with van der Waals surface area (Å²) < 4.78 is 23.1. The van der Waals surface area contributed by atoms with Gasteiger partial charge >= 0.3 is 5.97 Å². The van der Waals surface area contributed by atoms with Crippen LogP contribution in [0.15, 0.2) is 36.7 Å². The zero-order chi connectivity index (χ0) is 13.0. The van der Waals surface area contributed by atoms with Crippen LogP contribution < -0.4 is 9.47 Å². The zero-order valence-corrected chi connectivity index (χ0v) is 9.46. The van der Waals surface area contributed by atoms with Gasteiger partial charge in [0.1, 0.15) is 11.6 Å². The van der Waals surface area contributed by atoms with Crippen LogP contribution in [0.25, 0.3) is 0 Å². The van der Waals surface area contributed by atoms with Crippen molar-refractivity contribution >= 4 is 5.97 Å². The highest BCUT2D eigenvalue weighted by atomic mass is 19.1. The number of benzene rings is 1. The maximum Gasteiger partial charge on any atom is 0.309 e. The number of nitrogens with zero attached hydrogens (tertiary/aromatic N) is 2. The first kappa shape index (κ1) is 12.0. The van der Waals surface area contributed by atoms with E-state index in [2.05, 4.69) is 9.97 Å². The lowest BCUT2D eigenvalue weighted by Crippen LogP contribution is -2.05. The van der Waals surface area contributed by atoms with Crippen LogP contribution in [0, 0.1) is 5.82 Å². The number of esters is 1. The standard InChI is InChI=1S/C12H9FN2O3/c1-8(16)17-11-12(15-6-5-14-11)18-10-4-2-3-9(13)7-10/h2-7H,1H3. The molecule has 0 aliphatic rings. The van der Waals surface area contributed by atoms with Crippen molar-refractivity contribution in [1.29, 1.82) is 0 Å². The Morgan fingerprint density at radius 3 is 2.61 bits per heavy atom. The fourth-order valence-electron chi connectivity index (χ4n) is 1.23. The van der Waals surface area contributed by atoms with Crippen LogP contribution in [-0.2, 0) is 4.79 Å². The Kier molecular flexibility index (Phi) is 3.47. The van der Waals surface area contributed by atoms with Crippen LogP contribution in [0.3, 0.4) is 0 Å². The molecule has 0 aliphatic heterocycles. The van der Waals surface area contributed by atoms with Crippen molar-refractivity contribution in [3.05, 3.63) is 42.5 Å². The first-order valence-electron chi connectivity index (χ1n) is 5.08. The van der Waals surface area contributed by atoms with E-state index in [4.69, 9.17) is 9.47 Å². The Hall–Kier alpha value is -2.50. The molecule has 6 heteroatoms. The van der Waals surface area contributed by atoms with E-state index in [-0.39, 0.29) is 17.5 Å². The Morgan fingerprint density at radius 1 is 1.22 bits per heavy atom. The molecule has 0 atom stereocenters. The second kappa shape index (κ2) is 5.22. The van der Waals surface area contributed by atoms with Gasteiger partial charge in [-0.1, -0.05) is 6.07 Å². The summed E-state index contributed by atoms with van der Waals surface area (Å²) in [5.41, 5.74) is 0. The van der Waals surface area contributed by atoms with Gasteiger partial charge in [0.2, 0.25) is 0 Å². The number of ether oxygens (including phenoxy) is 2. The number of carbonyl (C=O) groups is 1. The molecule has 18 heavy (non-hydrogen) atoms. The van der Waals surface area contributed by atoms with Crippen molar-refractivity contribution < 1.29 is 18.7 Å². The van der Waals surface area contributed by atoms with Gasteiger partial charge in [-0.2, -0.15) is 0 Å². The number of hydrogen-bond acceptors (Lipinski definition) is 5. The van der Waals surface area contributed by atoms with Gasteiger partial charge in [0.05, 0.1) is 0 Å². The van der Waals surface area contributed by atoms with Gasteiger partial charge in [0.15, 0.2) is 0 Å². The lowest BCUT2D eigenvalue weighted by molar-refractivity contribution is -0.132. The Bertz CT molecular complexity index is 575. The van der Waals surface area contributed by atoms with Crippen molar-refractivity contribution in [2.24, 2.45) is 0 Å². The summed E-state index contributed by atoms with van der Waals surface area (Å²) in [6.45, 7) is 1.24. The predicted octanol–water partition coefficient (Wildman–Crippen LogP) is 2.33. The van der Waals surface area contributed by atoms with Crippen molar-refractivity contribution in [3.8, 4) is 17.5 Å². The molecule has 1 aromatic heterocycles. The lowest BCUT2D eigenvalue weighted by Gasteiger charge is -2.07. The van der Waals surface area contributed by atoms with E-state index >= 15 is 0 Å². The molecule has 92 valence electrons. The van der Waals surface area contributed by atoms with Crippen molar-refractivity contribution in [1.82, 2.24) is 9.97 Å². The summed E-state index contributed by atoms with van der Waals surface area (Å²) in [5, 5.41) is 0. The van der Waals surface area contributed by atoms with Gasteiger partial charge in [0.25, 0.3) is 11.8 Å². The first-order chi connectivity index (χ1) is 8.65. The normalized spacial score (nSPS) is 9.89. The minimum Gasteiger partial charge on any atom is -0.435 e. The molecule has 1 heterocycles. The first-order valence-corrected chi connectivity index (χ1v) is 5.08. The topological polar surface area (TPSA) is 61.3 Å². The second-order valence-corrected chi connectivity index (χ2v) is 3.32. The van der Waals surface area contributed by atoms with E-state index in [0.717, 1.165) is 0 Å². The summed E-state index contributed by atoms with van der Waals surface area (Å²) in [4.78, 5) is 18.6. The van der Waals surface area contributed by atoms with Crippen LogP contribution in [0.2, 0.25) is 0 Å². The van der Waals surface area contributed by atoms with Gasteiger partial charge in [0, 0.05) is 25.4 Å². The number of rotatable bonds is 3. The van der Waals surface area contributed by atoms with Crippen LogP contribution in [0.4, 0.5) is 4.39 Å². The van der Waals surface area contributed by atoms with Crippen molar-refractivity contribution in [2.75, 3.05) is 0 Å². The Balaban J connectivity index is 2.26. The third-order valence-corrected chi connectivity index (χ3v) is 1.88. The van der Waals surface area contributed by atoms with Crippen molar-refractivity contribution in [2.45, 2.75) is 6.92 Å². The molecule has 0 fully saturated rings. The molecule has 0 saturated carbocycles. The number of hydrogen-bond donors (Lipinski definition) is 0. The summed E-state index contributed by atoms with van der Waals surface area (Å²) in [6, 6.07) is 5.52. The lowest BCUT2D eigenvalue weighted by atomic mass is 10.3. The second-order valence-electron chi connectivity index (χ2n) is 3.32. The van der Waals surface area contributed by atoms with E-state index in [1.54, 1.807) is 6.07 Å². The molecule has 0 amide bonds. The summed E-state index contributed by atoms with van der Waals surface area (Å²) in [7, 11) is 0. The quantitative estimate of drug-likeness (QED) is 0.780. The van der Waals surface area contributed by atoms with Gasteiger partial charge in [-0.05, 0) is 12.1 Å². The third kappa shape index (κ3) is 3.00. The molecule has 0 spiro atoms. The highest BCUT2D eigenvalue weighted by Gasteiger charge is 2.11. The van der Waals surface area contributed by atoms with Gasteiger partial charge in [-0.15, -0.1) is 0 Å². The van der Waals surface area contributed by atoms with Gasteiger partial charge in [-0.25, -0.2) is 14.4 Å². The minimum atomic E-state index is -0.542. The van der Waals surface area contributed by atoms with Crippen LogP contribution >= 0.6 is 0 Å². The molecule has 0 saturated heterocycles. The van der Waals surface area contributed by atoms with Crippen LogP contribution in [0.5, 0.6) is 17.5 Å². The Morgan fingerprint density at radius 2 is 1.94 bits per heavy atom. The fraction of sp³-hybridized carbons (Fsp3) is 0.0833. The number of carbonyl (C=O) groups excluding carboxylic acids is 1. The van der Waals surface area contributed by atoms with Crippen molar-refractivity contribution in [3.63, 3.8) is 0 Å². The molecule has 0 radical (unpaired) electrons. The molecule has 0 aliphatic carbocycles. The molecule has 0 bridgehead atoms. The molecule has 1 aromatic carbocycles. The third-order valence-electron chi connectivity index (χ3n) is 1.88. The monoisotopic (exact) mass is 248 g/mol. The SMILES string of the molecule is CC(=O)Oc1nccnc1Oc1cccc(F)c1. The maximum absolute atomic E-state index is 13.0. The van der Waals surface area contributed by atoms with Crippen LogP contribution in [-0.4, -0.2) is 15.9 Å².